The number of nitrogens with one attached hydrogen (secondary N) is 1. The number of imide groups is 2. The number of nitrogens with zero attached hydrogens (tertiary/aromatic N) is 2. The third-order valence-electron chi connectivity index (χ3n) is 7.13. The van der Waals surface area contributed by atoms with Gasteiger partial charge in [0.05, 0.1) is 19.8 Å². The number of likely N-dealkylation sites (tertiary alicyclic amines) is 2. The van der Waals surface area contributed by atoms with Gasteiger partial charge in [0, 0.05) is 49.5 Å². The first-order chi connectivity index (χ1) is 18.6. The molecule has 2 rings (SSSR count). The molecular formula is C29H47N3O8. The van der Waals surface area contributed by atoms with Crippen LogP contribution in [0.3, 0.4) is 0 Å². The molecule has 0 saturated carbocycles. The first-order valence-electron chi connectivity index (χ1n) is 14.2. The number of hydrogen-bond acceptors (Lipinski definition) is 8. The number of carbonyl (C=O) groups is 7. The van der Waals surface area contributed by atoms with E-state index in [1.807, 2.05) is 41.5 Å². The lowest BCUT2D eigenvalue weighted by molar-refractivity contribution is -0.144. The summed E-state index contributed by atoms with van der Waals surface area (Å²) in [6.07, 6.45) is 0.789. The third-order valence-corrected chi connectivity index (χ3v) is 7.13. The van der Waals surface area contributed by atoms with Gasteiger partial charge in [-0.3, -0.25) is 43.4 Å². The smallest absolute Gasteiger partial charge is 0.240 e. The Morgan fingerprint density at radius 1 is 0.725 bits per heavy atom. The van der Waals surface area contributed by atoms with Gasteiger partial charge in [-0.25, -0.2) is 0 Å². The summed E-state index contributed by atoms with van der Waals surface area (Å²) in [5, 5.41) is 2.61. The minimum Gasteiger partial charge on any atom is -0.379 e. The summed E-state index contributed by atoms with van der Waals surface area (Å²) in [5.41, 5.74) is 0. The summed E-state index contributed by atoms with van der Waals surface area (Å²) in [5.74, 6) is -1.75. The second-order valence-electron chi connectivity index (χ2n) is 11.7. The van der Waals surface area contributed by atoms with Crippen molar-refractivity contribution >= 4 is 41.1 Å². The van der Waals surface area contributed by atoms with E-state index in [1.54, 1.807) is 13.8 Å². The molecule has 0 radical (unpaired) electrons. The van der Waals surface area contributed by atoms with Gasteiger partial charge in [0.1, 0.15) is 12.3 Å². The Hall–Kier alpha value is -2.95. The molecule has 2 atom stereocenters. The Kier molecular flexibility index (Phi) is 14.3. The second-order valence-corrected chi connectivity index (χ2v) is 11.7. The molecular weight excluding hydrogens is 518 g/mol. The van der Waals surface area contributed by atoms with E-state index in [9.17, 15) is 33.6 Å². The largest absolute Gasteiger partial charge is 0.379 e. The number of Topliss-reactive ketones (excluding diaryl/α,β-unsaturated/α-hetero) is 2. The second kappa shape index (κ2) is 16.3. The third kappa shape index (κ3) is 10.6. The lowest BCUT2D eigenvalue weighted by Gasteiger charge is -2.16. The summed E-state index contributed by atoms with van der Waals surface area (Å²) in [6.45, 7) is 15.4. The molecule has 11 nitrogen and oxygen atoms in total. The maximum atomic E-state index is 12.1. The Morgan fingerprint density at radius 2 is 1.18 bits per heavy atom. The molecule has 2 heterocycles. The fourth-order valence-electron chi connectivity index (χ4n) is 4.16. The molecule has 226 valence electrons. The van der Waals surface area contributed by atoms with E-state index in [-0.39, 0.29) is 116 Å². The van der Waals surface area contributed by atoms with Crippen molar-refractivity contribution in [2.24, 2.45) is 35.5 Å². The number of hydrogen-bond donors (Lipinski definition) is 1. The first-order valence-corrected chi connectivity index (χ1v) is 14.2. The normalized spacial score (nSPS) is 19.3. The maximum Gasteiger partial charge on any atom is 0.240 e. The quantitative estimate of drug-likeness (QED) is 0.249. The highest BCUT2D eigenvalue weighted by atomic mass is 16.5. The molecule has 2 aliphatic heterocycles. The van der Waals surface area contributed by atoms with Crippen molar-refractivity contribution in [3.05, 3.63) is 0 Å². The van der Waals surface area contributed by atoms with Gasteiger partial charge in [-0.05, 0) is 11.8 Å². The van der Waals surface area contributed by atoms with Crippen molar-refractivity contribution in [1.82, 2.24) is 15.1 Å². The SMILES string of the molecule is CC(C)C(=O)CCOCCNC(=O)CN1C(=O)CC(C(C)C)C1=O.CC(C)C(=O)CN1C(=O)CC(C(C)C)C1=O. The lowest BCUT2D eigenvalue weighted by Crippen LogP contribution is -2.41. The molecule has 0 bridgehead atoms. The molecule has 11 heteroatoms. The van der Waals surface area contributed by atoms with Crippen LogP contribution in [-0.2, 0) is 38.3 Å². The van der Waals surface area contributed by atoms with Crippen molar-refractivity contribution in [2.75, 3.05) is 32.8 Å². The average Bonchev–Trinajstić information content (AvgIpc) is 3.31. The summed E-state index contributed by atoms with van der Waals surface area (Å²) >= 11 is 0. The van der Waals surface area contributed by atoms with E-state index in [2.05, 4.69) is 5.32 Å². The number of ketones is 2. The van der Waals surface area contributed by atoms with Crippen LogP contribution < -0.4 is 5.32 Å². The van der Waals surface area contributed by atoms with Gasteiger partial charge in [0.2, 0.25) is 29.5 Å². The topological polar surface area (TPSA) is 147 Å². The number of ether oxygens (including phenoxy) is 1. The van der Waals surface area contributed by atoms with Gasteiger partial charge in [-0.15, -0.1) is 0 Å². The molecule has 2 unspecified atom stereocenters. The predicted molar refractivity (Wildman–Crippen MR) is 147 cm³/mol. The number of carbonyl (C=O) groups excluding carboxylic acids is 7. The Labute approximate surface area is 237 Å². The van der Waals surface area contributed by atoms with Gasteiger partial charge < -0.3 is 10.1 Å². The van der Waals surface area contributed by atoms with Crippen LogP contribution in [0.15, 0.2) is 0 Å². The molecule has 0 aromatic heterocycles. The first kappa shape index (κ1) is 35.1. The highest BCUT2D eigenvalue weighted by Gasteiger charge is 2.41. The summed E-state index contributed by atoms with van der Waals surface area (Å²) in [7, 11) is 0. The van der Waals surface area contributed by atoms with E-state index in [1.165, 1.54) is 0 Å². The molecule has 0 aliphatic carbocycles. The maximum absolute atomic E-state index is 12.1. The van der Waals surface area contributed by atoms with Crippen LogP contribution in [-0.4, -0.2) is 83.8 Å². The Morgan fingerprint density at radius 3 is 1.57 bits per heavy atom. The zero-order valence-corrected chi connectivity index (χ0v) is 25.3. The van der Waals surface area contributed by atoms with E-state index in [0.29, 0.717) is 13.0 Å². The molecule has 0 spiro atoms. The van der Waals surface area contributed by atoms with Crippen LogP contribution >= 0.6 is 0 Å². The van der Waals surface area contributed by atoms with Crippen molar-refractivity contribution in [3.8, 4) is 0 Å². The van der Waals surface area contributed by atoms with Crippen LogP contribution in [0.25, 0.3) is 0 Å². The van der Waals surface area contributed by atoms with Crippen LogP contribution in [0.4, 0.5) is 0 Å². The lowest BCUT2D eigenvalue weighted by atomic mass is 9.94. The number of rotatable bonds is 14. The van der Waals surface area contributed by atoms with Gasteiger partial charge >= 0.3 is 0 Å². The van der Waals surface area contributed by atoms with Gasteiger partial charge in [-0.2, -0.15) is 0 Å². The molecule has 0 aromatic rings. The summed E-state index contributed by atoms with van der Waals surface area (Å²) < 4.78 is 5.28. The average molecular weight is 566 g/mol. The molecule has 2 fully saturated rings. The molecule has 40 heavy (non-hydrogen) atoms. The van der Waals surface area contributed by atoms with Crippen molar-refractivity contribution in [2.45, 2.75) is 74.7 Å². The van der Waals surface area contributed by atoms with Crippen molar-refractivity contribution in [1.29, 1.82) is 0 Å². The van der Waals surface area contributed by atoms with E-state index in [4.69, 9.17) is 4.74 Å². The van der Waals surface area contributed by atoms with Crippen molar-refractivity contribution < 1.29 is 38.3 Å². The van der Waals surface area contributed by atoms with E-state index < -0.39 is 0 Å². The highest BCUT2D eigenvalue weighted by molar-refractivity contribution is 6.07. The Balaban J connectivity index is 0.000000433. The van der Waals surface area contributed by atoms with Crippen LogP contribution in [0.2, 0.25) is 0 Å². The summed E-state index contributed by atoms with van der Waals surface area (Å²) in [6, 6.07) is 0. The molecule has 2 aliphatic rings. The van der Waals surface area contributed by atoms with Gasteiger partial charge in [-0.1, -0.05) is 55.4 Å². The molecule has 2 saturated heterocycles. The monoisotopic (exact) mass is 565 g/mol. The van der Waals surface area contributed by atoms with Crippen LogP contribution in [0.5, 0.6) is 0 Å². The minimum absolute atomic E-state index is 0.00139. The van der Waals surface area contributed by atoms with Crippen molar-refractivity contribution in [3.63, 3.8) is 0 Å². The standard InChI is InChI=1S/C17H28N2O5.C12H19NO3/c1-11(2)13-9-16(22)19(17(13)23)10-15(21)18-6-8-24-7-5-14(20)12(3)4;1-7(2)9-5-11(15)13(12(9)16)6-10(14)8(3)4/h11-13H,5-10H2,1-4H3,(H,18,21);7-9H,5-6H2,1-4H3. The fraction of sp³-hybridized carbons (Fsp3) is 0.759. The number of amides is 5. The Bertz CT molecular complexity index is 957. The molecule has 0 aromatic carbocycles. The van der Waals surface area contributed by atoms with E-state index >= 15 is 0 Å². The predicted octanol–water partition coefficient (Wildman–Crippen LogP) is 2.01. The zero-order valence-electron chi connectivity index (χ0n) is 25.3. The summed E-state index contributed by atoms with van der Waals surface area (Å²) in [4.78, 5) is 84.3. The van der Waals surface area contributed by atoms with E-state index in [0.717, 1.165) is 9.80 Å². The van der Waals surface area contributed by atoms with Crippen LogP contribution in [0, 0.1) is 35.5 Å². The molecule has 5 amide bonds. The van der Waals surface area contributed by atoms with Gasteiger partial charge in [0.25, 0.3) is 0 Å². The van der Waals surface area contributed by atoms with Gasteiger partial charge in [0.15, 0.2) is 5.78 Å². The van der Waals surface area contributed by atoms with Crippen LogP contribution in [0.1, 0.15) is 74.7 Å². The fourth-order valence-corrected chi connectivity index (χ4v) is 4.16. The molecule has 1 N–H and O–H groups in total. The zero-order chi connectivity index (χ0) is 30.7. The highest BCUT2D eigenvalue weighted by Crippen LogP contribution is 2.27. The minimum atomic E-state index is -0.386.